The van der Waals surface area contributed by atoms with Crippen molar-refractivity contribution >= 4 is 38.0 Å². The van der Waals surface area contributed by atoms with Gasteiger partial charge in [-0.15, -0.1) is 5.11 Å². The molecule has 0 atom stereocenters. The molecule has 0 heterocycles. The molecule has 0 saturated heterocycles. The maximum Gasteiger partial charge on any atom is 0.295 e. The van der Waals surface area contributed by atoms with E-state index >= 15 is 0 Å². The quantitative estimate of drug-likeness (QED) is 0.418. The Morgan fingerprint density at radius 3 is 2.21 bits per heavy atom. The summed E-state index contributed by atoms with van der Waals surface area (Å²) in [5.74, 6) is 0. The fraction of sp³-hybridized carbons (Fsp3) is 0.0588. The zero-order chi connectivity index (χ0) is 17.3. The lowest BCUT2D eigenvalue weighted by molar-refractivity contribution is 0.484. The van der Waals surface area contributed by atoms with E-state index in [2.05, 4.69) is 10.2 Å². The highest BCUT2D eigenvalue weighted by Gasteiger charge is 2.15. The number of aryl methyl sites for hydroxylation is 1. The van der Waals surface area contributed by atoms with Crippen molar-refractivity contribution in [2.75, 3.05) is 5.73 Å². The summed E-state index contributed by atoms with van der Waals surface area (Å²) in [5, 5.41) is 9.42. The van der Waals surface area contributed by atoms with Crippen molar-refractivity contribution < 1.29 is 13.0 Å². The van der Waals surface area contributed by atoms with E-state index in [1.165, 1.54) is 12.1 Å². The molecule has 0 saturated carbocycles. The monoisotopic (exact) mass is 341 g/mol. The number of nitrogens with two attached hydrogens (primary N) is 1. The van der Waals surface area contributed by atoms with Crippen LogP contribution >= 0.6 is 0 Å². The number of hydrogen-bond acceptors (Lipinski definition) is 5. The minimum absolute atomic E-state index is 0.152. The van der Waals surface area contributed by atoms with Gasteiger partial charge in [-0.1, -0.05) is 24.3 Å². The smallest absolute Gasteiger partial charge is 0.295 e. The highest BCUT2D eigenvalue weighted by Crippen LogP contribution is 2.32. The summed E-state index contributed by atoms with van der Waals surface area (Å²) in [4.78, 5) is -0.152. The summed E-state index contributed by atoms with van der Waals surface area (Å²) >= 11 is 0. The standard InChI is InChI=1S/C17H15N3O3S/c1-11-10-12(18)6-7-15(11)19-20-16-8-9-17(24(21,22)23)14-5-3-2-4-13(14)16/h2-10H,18H2,1H3,(H,21,22,23). The summed E-state index contributed by atoms with van der Waals surface area (Å²) in [7, 11) is -4.31. The third kappa shape index (κ3) is 3.12. The van der Waals surface area contributed by atoms with Gasteiger partial charge in [0.05, 0.1) is 11.4 Å². The van der Waals surface area contributed by atoms with Gasteiger partial charge in [-0.05, 0) is 42.8 Å². The van der Waals surface area contributed by atoms with Gasteiger partial charge in [-0.2, -0.15) is 13.5 Å². The van der Waals surface area contributed by atoms with Crippen molar-refractivity contribution in [3.8, 4) is 0 Å². The lowest BCUT2D eigenvalue weighted by Crippen LogP contribution is -1.98. The molecule has 0 aliphatic rings. The molecule has 6 nitrogen and oxygen atoms in total. The van der Waals surface area contributed by atoms with Gasteiger partial charge in [0.1, 0.15) is 4.90 Å². The highest BCUT2D eigenvalue weighted by atomic mass is 32.2. The molecule has 0 aliphatic carbocycles. The first-order valence-electron chi connectivity index (χ1n) is 7.13. The molecule has 3 rings (SSSR count). The molecule has 3 aromatic carbocycles. The minimum atomic E-state index is -4.31. The molecular formula is C17H15N3O3S. The number of nitrogens with zero attached hydrogens (tertiary/aromatic N) is 2. The molecule has 0 fully saturated rings. The Hall–Kier alpha value is -2.77. The van der Waals surface area contributed by atoms with Gasteiger partial charge in [-0.3, -0.25) is 4.55 Å². The number of fused-ring (bicyclic) bond motifs is 1. The lowest BCUT2D eigenvalue weighted by Gasteiger charge is -2.06. The predicted molar refractivity (Wildman–Crippen MR) is 93.5 cm³/mol. The highest BCUT2D eigenvalue weighted by molar-refractivity contribution is 7.86. The molecule has 0 amide bonds. The Labute approximate surface area is 139 Å². The number of nitrogen functional groups attached to an aromatic ring is 1. The zero-order valence-electron chi connectivity index (χ0n) is 12.8. The Bertz CT molecular complexity index is 1060. The van der Waals surface area contributed by atoms with Crippen LogP contribution in [0, 0.1) is 6.92 Å². The van der Waals surface area contributed by atoms with E-state index in [1.807, 2.05) is 6.92 Å². The molecule has 0 aliphatic heterocycles. The van der Waals surface area contributed by atoms with Crippen molar-refractivity contribution in [1.29, 1.82) is 0 Å². The average molecular weight is 341 g/mol. The molecule has 0 bridgehead atoms. The molecule has 0 radical (unpaired) electrons. The fourth-order valence-corrected chi connectivity index (χ4v) is 3.16. The maximum atomic E-state index is 11.5. The summed E-state index contributed by atoms with van der Waals surface area (Å²) < 4.78 is 32.4. The van der Waals surface area contributed by atoms with Gasteiger partial charge in [0, 0.05) is 16.5 Å². The average Bonchev–Trinajstić information content (AvgIpc) is 2.52. The first-order valence-corrected chi connectivity index (χ1v) is 8.57. The van der Waals surface area contributed by atoms with Gasteiger partial charge in [0.25, 0.3) is 10.1 Å². The van der Waals surface area contributed by atoms with Crippen LogP contribution in [0.4, 0.5) is 17.1 Å². The van der Waals surface area contributed by atoms with Crippen LogP contribution in [0.2, 0.25) is 0 Å². The van der Waals surface area contributed by atoms with Gasteiger partial charge in [0.2, 0.25) is 0 Å². The van der Waals surface area contributed by atoms with E-state index in [0.717, 1.165) is 5.56 Å². The third-order valence-corrected chi connectivity index (χ3v) is 4.54. The normalized spacial score (nSPS) is 12.1. The zero-order valence-corrected chi connectivity index (χ0v) is 13.7. The molecule has 3 N–H and O–H groups in total. The third-order valence-electron chi connectivity index (χ3n) is 3.63. The molecular weight excluding hydrogens is 326 g/mol. The van der Waals surface area contributed by atoms with Crippen molar-refractivity contribution in [2.24, 2.45) is 10.2 Å². The summed E-state index contributed by atoms with van der Waals surface area (Å²) in [5.41, 5.74) is 8.43. The van der Waals surface area contributed by atoms with Crippen LogP contribution in [0.25, 0.3) is 10.8 Å². The van der Waals surface area contributed by atoms with Crippen molar-refractivity contribution in [3.05, 3.63) is 60.2 Å². The van der Waals surface area contributed by atoms with Crippen LogP contribution in [-0.4, -0.2) is 13.0 Å². The van der Waals surface area contributed by atoms with Crippen LogP contribution in [0.1, 0.15) is 5.56 Å². The second kappa shape index (κ2) is 6.03. The van der Waals surface area contributed by atoms with E-state index < -0.39 is 10.1 Å². The van der Waals surface area contributed by atoms with E-state index in [0.29, 0.717) is 27.8 Å². The number of rotatable bonds is 3. The fourth-order valence-electron chi connectivity index (χ4n) is 2.47. The van der Waals surface area contributed by atoms with Crippen molar-refractivity contribution in [3.63, 3.8) is 0 Å². The molecule has 24 heavy (non-hydrogen) atoms. The van der Waals surface area contributed by atoms with Gasteiger partial charge >= 0.3 is 0 Å². The van der Waals surface area contributed by atoms with Crippen LogP contribution in [-0.2, 0) is 10.1 Å². The van der Waals surface area contributed by atoms with Crippen LogP contribution in [0.3, 0.4) is 0 Å². The Morgan fingerprint density at radius 1 is 0.917 bits per heavy atom. The molecule has 7 heteroatoms. The molecule has 0 unspecified atom stereocenters. The summed E-state index contributed by atoms with van der Waals surface area (Å²) in [6.45, 7) is 1.88. The number of azo groups is 1. The summed E-state index contributed by atoms with van der Waals surface area (Å²) in [6.07, 6.45) is 0. The summed E-state index contributed by atoms with van der Waals surface area (Å²) in [6, 6.07) is 15.0. The second-order valence-corrected chi connectivity index (χ2v) is 6.74. The number of hydrogen-bond donors (Lipinski definition) is 2. The van der Waals surface area contributed by atoms with Crippen molar-refractivity contribution in [2.45, 2.75) is 11.8 Å². The number of benzene rings is 3. The first-order chi connectivity index (χ1) is 11.4. The van der Waals surface area contributed by atoms with Crippen LogP contribution < -0.4 is 5.73 Å². The molecule has 0 spiro atoms. The minimum Gasteiger partial charge on any atom is -0.399 e. The topological polar surface area (TPSA) is 105 Å². The van der Waals surface area contributed by atoms with Crippen LogP contribution in [0.5, 0.6) is 0 Å². The van der Waals surface area contributed by atoms with Crippen molar-refractivity contribution in [1.82, 2.24) is 0 Å². The van der Waals surface area contributed by atoms with E-state index in [1.54, 1.807) is 42.5 Å². The van der Waals surface area contributed by atoms with Gasteiger partial charge < -0.3 is 5.73 Å². The SMILES string of the molecule is Cc1cc(N)ccc1N=Nc1ccc(S(=O)(=O)O)c2ccccc12. The lowest BCUT2D eigenvalue weighted by atomic mass is 10.1. The largest absolute Gasteiger partial charge is 0.399 e. The van der Waals surface area contributed by atoms with Crippen LogP contribution in [0.15, 0.2) is 69.7 Å². The number of anilines is 1. The van der Waals surface area contributed by atoms with E-state index in [4.69, 9.17) is 5.73 Å². The van der Waals surface area contributed by atoms with Gasteiger partial charge in [-0.25, -0.2) is 0 Å². The maximum absolute atomic E-state index is 11.5. The van der Waals surface area contributed by atoms with Gasteiger partial charge in [0.15, 0.2) is 0 Å². The molecule has 0 aromatic heterocycles. The van der Waals surface area contributed by atoms with E-state index in [-0.39, 0.29) is 4.90 Å². The predicted octanol–water partition coefficient (Wildman–Crippen LogP) is 4.39. The Balaban J connectivity index is 2.13. The Kier molecular flexibility index (Phi) is 4.04. The molecule has 122 valence electrons. The Morgan fingerprint density at radius 2 is 1.54 bits per heavy atom. The molecule has 3 aromatic rings. The second-order valence-electron chi connectivity index (χ2n) is 5.35. The van der Waals surface area contributed by atoms with E-state index in [9.17, 15) is 13.0 Å². The first kappa shape index (κ1) is 16.1.